The normalized spacial score (nSPS) is 9.16. The van der Waals surface area contributed by atoms with Gasteiger partial charge < -0.3 is 15.2 Å². The maximum Gasteiger partial charge on any atom is 0.325 e. The quantitative estimate of drug-likeness (QED) is 0.604. The summed E-state index contributed by atoms with van der Waals surface area (Å²) in [4.78, 5) is 23.0. The van der Waals surface area contributed by atoms with Gasteiger partial charge in [-0.15, -0.1) is 0 Å². The zero-order chi connectivity index (χ0) is 14.1. The Kier molecular flexibility index (Phi) is 6.13. The van der Waals surface area contributed by atoms with Crippen LogP contribution < -0.4 is 5.32 Å². The number of hydrogen-bond donors (Lipinski definition) is 2. The van der Waals surface area contributed by atoms with Crippen LogP contribution in [-0.2, 0) is 9.53 Å². The van der Waals surface area contributed by atoms with E-state index in [4.69, 9.17) is 9.84 Å². The van der Waals surface area contributed by atoms with E-state index in [1.807, 2.05) is 0 Å². The molecular formula is C14H15NO4. The number of ether oxygens (including phenoxy) is 1. The Bertz CT molecular complexity index is 514. The van der Waals surface area contributed by atoms with Gasteiger partial charge in [0.05, 0.1) is 12.2 Å². The summed E-state index contributed by atoms with van der Waals surface area (Å²) in [5.74, 6) is 4.26. The molecule has 2 N–H and O–H groups in total. The van der Waals surface area contributed by atoms with Crippen LogP contribution in [0, 0.1) is 11.8 Å². The molecule has 1 aromatic rings. The number of amides is 1. The van der Waals surface area contributed by atoms with Crippen LogP contribution in [0.5, 0.6) is 0 Å². The predicted molar refractivity (Wildman–Crippen MR) is 69.4 cm³/mol. The van der Waals surface area contributed by atoms with Crippen LogP contribution in [0.3, 0.4) is 0 Å². The second-order valence-electron chi connectivity index (χ2n) is 3.49. The number of aliphatic hydroxyl groups excluding tert-OH is 1. The van der Waals surface area contributed by atoms with Crippen LogP contribution >= 0.6 is 0 Å². The average molecular weight is 261 g/mol. The first-order valence-electron chi connectivity index (χ1n) is 5.81. The zero-order valence-electron chi connectivity index (χ0n) is 10.6. The van der Waals surface area contributed by atoms with Crippen molar-refractivity contribution in [1.82, 2.24) is 5.32 Å². The van der Waals surface area contributed by atoms with Gasteiger partial charge in [-0.3, -0.25) is 9.59 Å². The Morgan fingerprint density at radius 1 is 1.37 bits per heavy atom. The molecule has 0 heterocycles. The number of rotatable bonds is 4. The van der Waals surface area contributed by atoms with Gasteiger partial charge in [0.1, 0.15) is 13.2 Å². The van der Waals surface area contributed by atoms with Crippen molar-refractivity contribution >= 4 is 11.9 Å². The number of hydrogen-bond acceptors (Lipinski definition) is 4. The van der Waals surface area contributed by atoms with E-state index in [1.165, 1.54) is 0 Å². The van der Waals surface area contributed by atoms with Gasteiger partial charge in [-0.25, -0.2) is 0 Å². The Morgan fingerprint density at radius 3 is 2.79 bits per heavy atom. The molecule has 0 fully saturated rings. The van der Waals surface area contributed by atoms with Crippen molar-refractivity contribution in [3.63, 3.8) is 0 Å². The lowest BCUT2D eigenvalue weighted by atomic mass is 10.1. The monoisotopic (exact) mass is 261 g/mol. The van der Waals surface area contributed by atoms with Crippen LogP contribution in [0.25, 0.3) is 0 Å². The summed E-state index contributed by atoms with van der Waals surface area (Å²) in [6.45, 7) is 1.50. The van der Waals surface area contributed by atoms with Crippen molar-refractivity contribution < 1.29 is 19.4 Å². The molecule has 0 aromatic heterocycles. The molecule has 100 valence electrons. The van der Waals surface area contributed by atoms with Crippen molar-refractivity contribution in [2.75, 3.05) is 19.8 Å². The molecule has 19 heavy (non-hydrogen) atoms. The van der Waals surface area contributed by atoms with Gasteiger partial charge in [-0.05, 0) is 19.1 Å². The molecule has 5 heteroatoms. The van der Waals surface area contributed by atoms with Gasteiger partial charge in [0, 0.05) is 5.56 Å². The highest BCUT2D eigenvalue weighted by molar-refractivity contribution is 5.98. The minimum atomic E-state index is -0.491. The van der Waals surface area contributed by atoms with E-state index in [-0.39, 0.29) is 19.8 Å². The highest BCUT2D eigenvalue weighted by Crippen LogP contribution is 2.06. The van der Waals surface area contributed by atoms with Gasteiger partial charge in [0.2, 0.25) is 0 Å². The second kappa shape index (κ2) is 7.90. The fourth-order valence-corrected chi connectivity index (χ4v) is 1.38. The Hall–Kier alpha value is -2.32. The average Bonchev–Trinajstić information content (AvgIpc) is 2.43. The van der Waals surface area contributed by atoms with E-state index in [9.17, 15) is 9.59 Å². The summed E-state index contributed by atoms with van der Waals surface area (Å²) in [5.41, 5.74) is 0.852. The molecule has 0 saturated heterocycles. The van der Waals surface area contributed by atoms with Crippen molar-refractivity contribution in [2.24, 2.45) is 0 Å². The topological polar surface area (TPSA) is 75.6 Å². The number of carbonyl (C=O) groups excluding carboxylic acids is 2. The van der Waals surface area contributed by atoms with Crippen molar-refractivity contribution in [3.05, 3.63) is 35.4 Å². The molecule has 0 atom stereocenters. The summed E-state index contributed by atoms with van der Waals surface area (Å²) < 4.78 is 4.71. The van der Waals surface area contributed by atoms with Gasteiger partial charge in [-0.1, -0.05) is 24.0 Å². The number of esters is 1. The van der Waals surface area contributed by atoms with Crippen molar-refractivity contribution in [1.29, 1.82) is 0 Å². The van der Waals surface area contributed by atoms with E-state index < -0.39 is 11.9 Å². The first-order chi connectivity index (χ1) is 9.19. The van der Waals surface area contributed by atoms with Crippen molar-refractivity contribution in [3.8, 4) is 11.8 Å². The lowest BCUT2D eigenvalue weighted by Gasteiger charge is -2.06. The summed E-state index contributed by atoms with van der Waals surface area (Å²) in [7, 11) is 0. The second-order valence-corrected chi connectivity index (χ2v) is 3.49. The lowest BCUT2D eigenvalue weighted by molar-refractivity contribution is -0.141. The molecule has 0 saturated carbocycles. The van der Waals surface area contributed by atoms with Crippen LogP contribution in [0.4, 0.5) is 0 Å². The van der Waals surface area contributed by atoms with E-state index in [1.54, 1.807) is 31.2 Å². The third-order valence-corrected chi connectivity index (χ3v) is 2.17. The van der Waals surface area contributed by atoms with E-state index in [0.29, 0.717) is 11.1 Å². The maximum atomic E-state index is 11.9. The third-order valence-electron chi connectivity index (χ3n) is 2.17. The van der Waals surface area contributed by atoms with Gasteiger partial charge in [0.15, 0.2) is 0 Å². The van der Waals surface area contributed by atoms with E-state index >= 15 is 0 Å². The maximum absolute atomic E-state index is 11.9. The lowest BCUT2D eigenvalue weighted by Crippen LogP contribution is -2.31. The molecule has 0 radical (unpaired) electrons. The van der Waals surface area contributed by atoms with Gasteiger partial charge in [-0.2, -0.15) is 0 Å². The summed E-state index contributed by atoms with van der Waals surface area (Å²) in [6.07, 6.45) is 0. The molecule has 1 amide bonds. The summed E-state index contributed by atoms with van der Waals surface area (Å²) in [6, 6.07) is 6.71. The highest BCUT2D eigenvalue weighted by Gasteiger charge is 2.11. The molecule has 0 bridgehead atoms. The number of carbonyl (C=O) groups is 2. The fraction of sp³-hybridized carbons (Fsp3) is 0.286. The SMILES string of the molecule is CCOC(=O)CNC(=O)c1ccccc1C#CCO. The molecule has 0 aliphatic heterocycles. The molecule has 1 aromatic carbocycles. The zero-order valence-corrected chi connectivity index (χ0v) is 10.6. The van der Waals surface area contributed by atoms with Crippen LogP contribution in [0.15, 0.2) is 24.3 Å². The number of nitrogens with one attached hydrogen (secondary N) is 1. The van der Waals surface area contributed by atoms with Crippen LogP contribution in [-0.4, -0.2) is 36.7 Å². The molecule has 5 nitrogen and oxygen atoms in total. The Morgan fingerprint density at radius 2 is 2.11 bits per heavy atom. The third kappa shape index (κ3) is 4.82. The first kappa shape index (κ1) is 14.7. The minimum absolute atomic E-state index is 0.186. The first-order valence-corrected chi connectivity index (χ1v) is 5.81. The minimum Gasteiger partial charge on any atom is -0.465 e. The largest absolute Gasteiger partial charge is 0.465 e. The van der Waals surface area contributed by atoms with Crippen molar-refractivity contribution in [2.45, 2.75) is 6.92 Å². The summed E-state index contributed by atoms with van der Waals surface area (Å²) >= 11 is 0. The molecule has 0 spiro atoms. The molecule has 1 rings (SSSR count). The Labute approximate surface area is 111 Å². The number of benzene rings is 1. The molecule has 0 aliphatic carbocycles. The summed E-state index contributed by atoms with van der Waals surface area (Å²) in [5, 5.41) is 11.1. The molecule has 0 aliphatic rings. The van der Waals surface area contributed by atoms with Gasteiger partial charge >= 0.3 is 5.97 Å². The predicted octanol–water partition coefficient (Wildman–Crippen LogP) is 0.323. The fourth-order valence-electron chi connectivity index (χ4n) is 1.38. The van der Waals surface area contributed by atoms with Gasteiger partial charge in [0.25, 0.3) is 5.91 Å². The molecule has 0 unspecified atom stereocenters. The van der Waals surface area contributed by atoms with E-state index in [0.717, 1.165) is 0 Å². The van der Waals surface area contributed by atoms with E-state index in [2.05, 4.69) is 17.2 Å². The molecular weight excluding hydrogens is 246 g/mol. The standard InChI is InChI=1S/C14H15NO4/c1-2-19-13(17)10-15-14(18)12-8-4-3-6-11(12)7-5-9-16/h3-4,6,8,16H,2,9-10H2,1H3,(H,15,18). The number of aliphatic hydroxyl groups is 1. The smallest absolute Gasteiger partial charge is 0.325 e. The van der Waals surface area contributed by atoms with Crippen LogP contribution in [0.1, 0.15) is 22.8 Å². The Balaban J connectivity index is 2.74. The van der Waals surface area contributed by atoms with Crippen LogP contribution in [0.2, 0.25) is 0 Å². The highest BCUT2D eigenvalue weighted by atomic mass is 16.5.